The molecule has 2 aromatic rings. The molecule has 2 rings (SSSR count). The number of hydrogen-bond donors (Lipinski definition) is 0. The quantitative estimate of drug-likeness (QED) is 0.614. The highest BCUT2D eigenvalue weighted by Crippen LogP contribution is 2.14. The van der Waals surface area contributed by atoms with Crippen molar-refractivity contribution >= 4 is 28.5 Å². The van der Waals surface area contributed by atoms with Crippen molar-refractivity contribution in [1.82, 2.24) is 9.55 Å². The second kappa shape index (κ2) is 4.78. The molecule has 18 heavy (non-hydrogen) atoms. The summed E-state index contributed by atoms with van der Waals surface area (Å²) >= 11 is 5.78. The standard InChI is InChI=1S/C12H11ClN2O3/c1-3-18-12(17)8-6-15(2)9-4-10(13)14-5-7(9)11(8)16/h4-6H,3H2,1-2H3. The monoisotopic (exact) mass is 266 g/mol. The summed E-state index contributed by atoms with van der Waals surface area (Å²) in [5.74, 6) is -0.630. The van der Waals surface area contributed by atoms with Gasteiger partial charge in [0.1, 0.15) is 10.7 Å². The summed E-state index contributed by atoms with van der Waals surface area (Å²) in [7, 11) is 1.72. The largest absolute Gasteiger partial charge is 0.462 e. The van der Waals surface area contributed by atoms with E-state index in [9.17, 15) is 9.59 Å². The van der Waals surface area contributed by atoms with Gasteiger partial charge in [-0.25, -0.2) is 9.78 Å². The van der Waals surface area contributed by atoms with Crippen molar-refractivity contribution in [3.63, 3.8) is 0 Å². The maximum Gasteiger partial charge on any atom is 0.343 e. The Labute approximate surface area is 108 Å². The van der Waals surface area contributed by atoms with Gasteiger partial charge < -0.3 is 9.30 Å². The number of carbonyl (C=O) groups is 1. The van der Waals surface area contributed by atoms with Gasteiger partial charge in [0.05, 0.1) is 17.5 Å². The number of rotatable bonds is 2. The lowest BCUT2D eigenvalue weighted by molar-refractivity contribution is 0.0524. The van der Waals surface area contributed by atoms with Gasteiger partial charge in [0.15, 0.2) is 0 Å². The lowest BCUT2D eigenvalue weighted by Crippen LogP contribution is -2.20. The SMILES string of the molecule is CCOC(=O)c1cn(C)c2cc(Cl)ncc2c1=O. The van der Waals surface area contributed by atoms with E-state index >= 15 is 0 Å². The summed E-state index contributed by atoms with van der Waals surface area (Å²) in [6.07, 6.45) is 2.81. The zero-order valence-electron chi connectivity index (χ0n) is 9.94. The molecule has 0 bridgehead atoms. The molecule has 0 unspecified atom stereocenters. The molecule has 0 aliphatic rings. The summed E-state index contributed by atoms with van der Waals surface area (Å²) in [4.78, 5) is 27.6. The van der Waals surface area contributed by atoms with Crippen LogP contribution in [0.3, 0.4) is 0 Å². The third-order valence-electron chi connectivity index (χ3n) is 2.54. The summed E-state index contributed by atoms with van der Waals surface area (Å²) in [5, 5.41) is 0.633. The molecule has 0 atom stereocenters. The molecule has 0 N–H and O–H groups in total. The van der Waals surface area contributed by atoms with Crippen molar-refractivity contribution in [3.8, 4) is 0 Å². The van der Waals surface area contributed by atoms with Crippen LogP contribution in [0.25, 0.3) is 10.9 Å². The molecule has 0 saturated heterocycles. The number of aryl methyl sites for hydroxylation is 1. The molecule has 5 nitrogen and oxygen atoms in total. The first kappa shape index (κ1) is 12.6. The third kappa shape index (κ3) is 2.09. The van der Waals surface area contributed by atoms with E-state index in [1.165, 1.54) is 12.4 Å². The molecule has 2 aromatic heterocycles. The van der Waals surface area contributed by atoms with Gasteiger partial charge >= 0.3 is 5.97 Å². The van der Waals surface area contributed by atoms with E-state index < -0.39 is 11.4 Å². The molecule has 0 aliphatic heterocycles. The van der Waals surface area contributed by atoms with Crippen LogP contribution in [-0.4, -0.2) is 22.1 Å². The molecule has 2 heterocycles. The molecule has 0 spiro atoms. The molecule has 94 valence electrons. The molecule has 0 aliphatic carbocycles. The zero-order valence-corrected chi connectivity index (χ0v) is 10.7. The fourth-order valence-electron chi connectivity index (χ4n) is 1.71. The maximum absolute atomic E-state index is 12.1. The van der Waals surface area contributed by atoms with E-state index in [2.05, 4.69) is 4.98 Å². The summed E-state index contributed by atoms with van der Waals surface area (Å²) in [6.45, 7) is 1.91. The predicted molar refractivity (Wildman–Crippen MR) is 68.0 cm³/mol. The molecule has 0 radical (unpaired) electrons. The van der Waals surface area contributed by atoms with Crippen LogP contribution >= 0.6 is 11.6 Å². The minimum Gasteiger partial charge on any atom is -0.462 e. The van der Waals surface area contributed by atoms with E-state index in [1.54, 1.807) is 24.6 Å². The summed E-state index contributed by atoms with van der Waals surface area (Å²) in [5.41, 5.74) is 0.217. The minimum atomic E-state index is -0.630. The van der Waals surface area contributed by atoms with Gasteiger partial charge in [-0.15, -0.1) is 0 Å². The number of hydrogen-bond acceptors (Lipinski definition) is 4. The Balaban J connectivity index is 2.73. The second-order valence-electron chi connectivity index (χ2n) is 3.73. The number of carbonyl (C=O) groups excluding carboxylic acids is 1. The molecule has 0 saturated carbocycles. The number of aromatic nitrogens is 2. The zero-order chi connectivity index (χ0) is 13.3. The van der Waals surface area contributed by atoms with E-state index in [4.69, 9.17) is 16.3 Å². The van der Waals surface area contributed by atoms with Gasteiger partial charge in [0.2, 0.25) is 5.43 Å². The van der Waals surface area contributed by atoms with Crippen LogP contribution in [-0.2, 0) is 11.8 Å². The fraction of sp³-hybridized carbons (Fsp3) is 0.250. The highest BCUT2D eigenvalue weighted by molar-refractivity contribution is 6.30. The fourth-order valence-corrected chi connectivity index (χ4v) is 1.86. The highest BCUT2D eigenvalue weighted by atomic mass is 35.5. The Bertz CT molecular complexity index is 679. The number of pyridine rings is 2. The van der Waals surface area contributed by atoms with Crippen LogP contribution in [0.2, 0.25) is 5.15 Å². The first-order chi connectivity index (χ1) is 8.54. The Kier molecular flexibility index (Phi) is 3.34. The van der Waals surface area contributed by atoms with Gasteiger partial charge in [0, 0.05) is 19.4 Å². The van der Waals surface area contributed by atoms with Crippen molar-refractivity contribution < 1.29 is 9.53 Å². The number of halogens is 1. The Morgan fingerprint density at radius 1 is 1.56 bits per heavy atom. The van der Waals surface area contributed by atoms with Gasteiger partial charge in [-0.05, 0) is 13.0 Å². The van der Waals surface area contributed by atoms with Crippen molar-refractivity contribution in [2.75, 3.05) is 6.61 Å². The van der Waals surface area contributed by atoms with Crippen LogP contribution in [0.15, 0.2) is 23.3 Å². The topological polar surface area (TPSA) is 61.2 Å². The number of fused-ring (bicyclic) bond motifs is 1. The van der Waals surface area contributed by atoms with Crippen molar-refractivity contribution in [1.29, 1.82) is 0 Å². The first-order valence-electron chi connectivity index (χ1n) is 5.36. The predicted octanol–water partition coefficient (Wildman–Crippen LogP) is 1.76. The molecular formula is C12H11ClN2O3. The van der Waals surface area contributed by atoms with E-state index in [1.807, 2.05) is 0 Å². The van der Waals surface area contributed by atoms with E-state index in [0.717, 1.165) is 0 Å². The summed E-state index contributed by atoms with van der Waals surface area (Å²) < 4.78 is 6.49. The molecule has 6 heteroatoms. The van der Waals surface area contributed by atoms with Gasteiger partial charge in [-0.1, -0.05) is 11.6 Å². The van der Waals surface area contributed by atoms with Crippen LogP contribution in [0.4, 0.5) is 0 Å². The van der Waals surface area contributed by atoms with E-state index in [0.29, 0.717) is 16.1 Å². The Morgan fingerprint density at radius 2 is 2.28 bits per heavy atom. The first-order valence-corrected chi connectivity index (χ1v) is 5.74. The lowest BCUT2D eigenvalue weighted by atomic mass is 10.2. The average molecular weight is 267 g/mol. The van der Waals surface area contributed by atoms with E-state index in [-0.39, 0.29) is 12.2 Å². The molecule has 0 amide bonds. The second-order valence-corrected chi connectivity index (χ2v) is 4.11. The van der Waals surface area contributed by atoms with Gasteiger partial charge in [-0.3, -0.25) is 4.79 Å². The molecule has 0 fully saturated rings. The Hall–Kier alpha value is -1.88. The normalized spacial score (nSPS) is 10.6. The average Bonchev–Trinajstić information content (AvgIpc) is 2.34. The minimum absolute atomic E-state index is 0.00373. The molecule has 0 aromatic carbocycles. The van der Waals surface area contributed by atoms with Crippen molar-refractivity contribution in [3.05, 3.63) is 39.4 Å². The third-order valence-corrected chi connectivity index (χ3v) is 2.74. The number of esters is 1. The smallest absolute Gasteiger partial charge is 0.343 e. The summed E-state index contributed by atoms with van der Waals surface area (Å²) in [6, 6.07) is 1.58. The van der Waals surface area contributed by atoms with Crippen LogP contribution in [0, 0.1) is 0 Å². The Morgan fingerprint density at radius 3 is 2.94 bits per heavy atom. The molecular weight excluding hydrogens is 256 g/mol. The van der Waals surface area contributed by atoms with Gasteiger partial charge in [-0.2, -0.15) is 0 Å². The van der Waals surface area contributed by atoms with Crippen LogP contribution < -0.4 is 5.43 Å². The van der Waals surface area contributed by atoms with Crippen LogP contribution in [0.5, 0.6) is 0 Å². The van der Waals surface area contributed by atoms with Crippen LogP contribution in [0.1, 0.15) is 17.3 Å². The number of ether oxygens (including phenoxy) is 1. The highest BCUT2D eigenvalue weighted by Gasteiger charge is 2.15. The van der Waals surface area contributed by atoms with Crippen molar-refractivity contribution in [2.24, 2.45) is 7.05 Å². The number of nitrogens with zero attached hydrogens (tertiary/aromatic N) is 2. The lowest BCUT2D eigenvalue weighted by Gasteiger charge is -2.08. The van der Waals surface area contributed by atoms with Crippen molar-refractivity contribution in [2.45, 2.75) is 6.92 Å². The van der Waals surface area contributed by atoms with Gasteiger partial charge in [0.25, 0.3) is 0 Å². The maximum atomic E-state index is 12.1.